The summed E-state index contributed by atoms with van der Waals surface area (Å²) in [5.41, 5.74) is 2.53. The molecule has 0 saturated heterocycles. The van der Waals surface area contributed by atoms with Crippen LogP contribution in [0.1, 0.15) is 35.0 Å². The van der Waals surface area contributed by atoms with E-state index < -0.39 is 0 Å². The summed E-state index contributed by atoms with van der Waals surface area (Å²) < 4.78 is 5.44. The number of rotatable bonds is 4. The molecule has 0 atom stereocenters. The van der Waals surface area contributed by atoms with Crippen molar-refractivity contribution in [1.29, 1.82) is 0 Å². The molecule has 0 aliphatic carbocycles. The average Bonchev–Trinajstić information content (AvgIpc) is 2.92. The number of halogens is 1. The third-order valence-electron chi connectivity index (χ3n) is 3.74. The van der Waals surface area contributed by atoms with Gasteiger partial charge in [0.15, 0.2) is 5.75 Å². The Labute approximate surface area is 144 Å². The van der Waals surface area contributed by atoms with E-state index in [2.05, 4.69) is 4.98 Å². The van der Waals surface area contributed by atoms with Crippen molar-refractivity contribution < 1.29 is 14.3 Å². The molecule has 0 radical (unpaired) electrons. The van der Waals surface area contributed by atoms with Gasteiger partial charge < -0.3 is 9.72 Å². The van der Waals surface area contributed by atoms with Crippen LogP contribution in [0.5, 0.6) is 5.75 Å². The second-order valence-electron chi connectivity index (χ2n) is 5.54. The van der Waals surface area contributed by atoms with Crippen LogP contribution in [0.4, 0.5) is 0 Å². The standard InChI is InChI=1S/C19H16ClNO3/c1-3-16(22)24-19-14-9-4-11(2)10-15(14)21-17(19)18(23)12-5-7-13(20)8-6-12/h4-10,21H,3H2,1-2H3. The number of benzene rings is 2. The smallest absolute Gasteiger partial charge is 0.310 e. The third kappa shape index (κ3) is 3.05. The van der Waals surface area contributed by atoms with E-state index in [1.165, 1.54) is 0 Å². The lowest BCUT2D eigenvalue weighted by atomic mass is 10.1. The number of hydrogen-bond donors (Lipinski definition) is 1. The molecule has 0 fully saturated rings. The monoisotopic (exact) mass is 341 g/mol. The summed E-state index contributed by atoms with van der Waals surface area (Å²) >= 11 is 5.87. The van der Waals surface area contributed by atoms with Crippen LogP contribution in [0.25, 0.3) is 10.9 Å². The van der Waals surface area contributed by atoms with Gasteiger partial charge in [-0.3, -0.25) is 9.59 Å². The molecular weight excluding hydrogens is 326 g/mol. The highest BCUT2D eigenvalue weighted by molar-refractivity contribution is 6.30. The maximum Gasteiger partial charge on any atom is 0.310 e. The summed E-state index contributed by atoms with van der Waals surface area (Å²) in [7, 11) is 0. The predicted octanol–water partition coefficient (Wildman–Crippen LogP) is 4.68. The van der Waals surface area contributed by atoms with Crippen LogP contribution in [-0.2, 0) is 4.79 Å². The normalized spacial score (nSPS) is 10.8. The molecular formula is C19H16ClNO3. The number of H-pyrrole nitrogens is 1. The number of ketones is 1. The number of hydrogen-bond acceptors (Lipinski definition) is 3. The first-order valence-corrected chi connectivity index (χ1v) is 8.00. The molecule has 5 heteroatoms. The van der Waals surface area contributed by atoms with Gasteiger partial charge in [-0.25, -0.2) is 0 Å². The van der Waals surface area contributed by atoms with Crippen LogP contribution in [0, 0.1) is 6.92 Å². The lowest BCUT2D eigenvalue weighted by Crippen LogP contribution is -2.10. The summed E-state index contributed by atoms with van der Waals surface area (Å²) in [5, 5.41) is 1.26. The molecule has 0 saturated carbocycles. The second-order valence-corrected chi connectivity index (χ2v) is 5.98. The summed E-state index contributed by atoms with van der Waals surface area (Å²) in [6.07, 6.45) is 0.229. The number of ether oxygens (including phenoxy) is 1. The second kappa shape index (κ2) is 6.49. The number of aromatic nitrogens is 1. The van der Waals surface area contributed by atoms with E-state index in [1.807, 2.05) is 25.1 Å². The first-order valence-electron chi connectivity index (χ1n) is 7.63. The first kappa shape index (κ1) is 16.3. The quantitative estimate of drug-likeness (QED) is 0.554. The van der Waals surface area contributed by atoms with Gasteiger partial charge in [-0.15, -0.1) is 0 Å². The van der Waals surface area contributed by atoms with Crippen LogP contribution in [0.15, 0.2) is 42.5 Å². The number of esters is 1. The SMILES string of the molecule is CCC(=O)Oc1c(C(=O)c2ccc(Cl)cc2)[nH]c2cc(C)ccc12. The molecule has 1 N–H and O–H groups in total. The number of carbonyl (C=O) groups excluding carboxylic acids is 2. The molecule has 24 heavy (non-hydrogen) atoms. The number of aryl methyl sites for hydroxylation is 1. The molecule has 0 aliphatic rings. The zero-order chi connectivity index (χ0) is 17.3. The average molecular weight is 342 g/mol. The van der Waals surface area contributed by atoms with E-state index in [9.17, 15) is 9.59 Å². The van der Waals surface area contributed by atoms with Gasteiger partial charge in [0.05, 0.1) is 5.52 Å². The van der Waals surface area contributed by atoms with Crippen molar-refractivity contribution in [3.63, 3.8) is 0 Å². The van der Waals surface area contributed by atoms with Crippen molar-refractivity contribution in [2.24, 2.45) is 0 Å². The Morgan fingerprint density at radius 2 is 1.83 bits per heavy atom. The van der Waals surface area contributed by atoms with Gasteiger partial charge in [0.25, 0.3) is 0 Å². The summed E-state index contributed by atoms with van der Waals surface area (Å²) in [5.74, 6) is -0.363. The number of fused-ring (bicyclic) bond motifs is 1. The molecule has 122 valence electrons. The molecule has 0 bridgehead atoms. The zero-order valence-corrected chi connectivity index (χ0v) is 14.1. The van der Waals surface area contributed by atoms with Gasteiger partial charge in [0, 0.05) is 22.4 Å². The fraction of sp³-hybridized carbons (Fsp3) is 0.158. The van der Waals surface area contributed by atoms with Gasteiger partial charge in [-0.1, -0.05) is 24.6 Å². The molecule has 0 unspecified atom stereocenters. The van der Waals surface area contributed by atoms with Crippen LogP contribution >= 0.6 is 11.6 Å². The Balaban J connectivity index is 2.14. The van der Waals surface area contributed by atoms with E-state index >= 15 is 0 Å². The van der Waals surface area contributed by atoms with Gasteiger partial charge in [-0.2, -0.15) is 0 Å². The first-order chi connectivity index (χ1) is 11.5. The Morgan fingerprint density at radius 3 is 2.50 bits per heavy atom. The molecule has 4 nitrogen and oxygen atoms in total. The highest BCUT2D eigenvalue weighted by Gasteiger charge is 2.22. The molecule has 1 heterocycles. The fourth-order valence-corrected chi connectivity index (χ4v) is 2.61. The maximum absolute atomic E-state index is 12.8. The minimum Gasteiger partial charge on any atom is -0.423 e. The molecule has 0 spiro atoms. The van der Waals surface area contributed by atoms with E-state index in [-0.39, 0.29) is 29.6 Å². The molecule has 0 amide bonds. The van der Waals surface area contributed by atoms with Crippen molar-refractivity contribution in [3.8, 4) is 5.75 Å². The van der Waals surface area contributed by atoms with Gasteiger partial charge in [0.1, 0.15) is 5.69 Å². The van der Waals surface area contributed by atoms with E-state index in [0.29, 0.717) is 16.0 Å². The highest BCUT2D eigenvalue weighted by atomic mass is 35.5. The minimum absolute atomic E-state index is 0.229. The van der Waals surface area contributed by atoms with Crippen LogP contribution in [0.3, 0.4) is 0 Å². The molecule has 0 aliphatic heterocycles. The van der Waals surface area contributed by atoms with Crippen molar-refractivity contribution in [3.05, 3.63) is 64.3 Å². The zero-order valence-electron chi connectivity index (χ0n) is 13.4. The largest absolute Gasteiger partial charge is 0.423 e. The summed E-state index contributed by atoms with van der Waals surface area (Å²) in [6, 6.07) is 12.3. The Kier molecular flexibility index (Phi) is 4.40. The summed E-state index contributed by atoms with van der Waals surface area (Å²) in [6.45, 7) is 3.67. The molecule has 3 aromatic rings. The number of aromatic amines is 1. The highest BCUT2D eigenvalue weighted by Crippen LogP contribution is 2.32. The Bertz CT molecular complexity index is 926. The van der Waals surface area contributed by atoms with Crippen molar-refractivity contribution in [1.82, 2.24) is 4.98 Å². The topological polar surface area (TPSA) is 59.2 Å². The van der Waals surface area contributed by atoms with E-state index in [0.717, 1.165) is 11.1 Å². The van der Waals surface area contributed by atoms with Gasteiger partial charge in [-0.05, 0) is 48.9 Å². The number of nitrogens with one attached hydrogen (secondary N) is 1. The molecule has 2 aromatic carbocycles. The lowest BCUT2D eigenvalue weighted by Gasteiger charge is -2.05. The van der Waals surface area contributed by atoms with Crippen molar-refractivity contribution >= 4 is 34.3 Å². The number of carbonyl (C=O) groups is 2. The van der Waals surface area contributed by atoms with Crippen molar-refractivity contribution in [2.75, 3.05) is 0 Å². The minimum atomic E-state index is -0.387. The fourth-order valence-electron chi connectivity index (χ4n) is 2.48. The summed E-state index contributed by atoms with van der Waals surface area (Å²) in [4.78, 5) is 27.7. The van der Waals surface area contributed by atoms with Crippen molar-refractivity contribution in [2.45, 2.75) is 20.3 Å². The molecule has 3 rings (SSSR count). The molecule has 1 aromatic heterocycles. The third-order valence-corrected chi connectivity index (χ3v) is 4.00. The Morgan fingerprint density at radius 1 is 1.12 bits per heavy atom. The Hall–Kier alpha value is -2.59. The van der Waals surface area contributed by atoms with E-state index in [1.54, 1.807) is 31.2 Å². The van der Waals surface area contributed by atoms with Crippen LogP contribution < -0.4 is 4.74 Å². The maximum atomic E-state index is 12.8. The van der Waals surface area contributed by atoms with E-state index in [4.69, 9.17) is 16.3 Å². The van der Waals surface area contributed by atoms with Crippen LogP contribution in [0.2, 0.25) is 5.02 Å². The van der Waals surface area contributed by atoms with Gasteiger partial charge >= 0.3 is 5.97 Å². The predicted molar refractivity (Wildman–Crippen MR) is 93.8 cm³/mol. The van der Waals surface area contributed by atoms with Gasteiger partial charge in [0.2, 0.25) is 5.78 Å². The van der Waals surface area contributed by atoms with Crippen LogP contribution in [-0.4, -0.2) is 16.7 Å². The lowest BCUT2D eigenvalue weighted by molar-refractivity contribution is -0.133.